The molecule has 0 radical (unpaired) electrons. The van der Waals surface area contributed by atoms with Gasteiger partial charge in [0.2, 0.25) is 5.89 Å². The second-order valence-corrected chi connectivity index (χ2v) is 7.48. The molecular formula is C21H15N7O2S. The van der Waals surface area contributed by atoms with E-state index in [1.807, 2.05) is 47.0 Å². The van der Waals surface area contributed by atoms with E-state index in [-0.39, 0.29) is 5.91 Å². The van der Waals surface area contributed by atoms with E-state index in [9.17, 15) is 4.79 Å². The van der Waals surface area contributed by atoms with Crippen molar-refractivity contribution in [2.45, 2.75) is 16.8 Å². The maximum absolute atomic E-state index is 11.9. The first kappa shape index (κ1) is 19.1. The highest BCUT2D eigenvalue weighted by Gasteiger charge is 2.25. The number of benzene rings is 1. The van der Waals surface area contributed by atoms with Gasteiger partial charge in [-0.25, -0.2) is 4.99 Å². The van der Waals surface area contributed by atoms with E-state index in [0.29, 0.717) is 28.4 Å². The summed E-state index contributed by atoms with van der Waals surface area (Å²) in [4.78, 5) is 24.2. The predicted molar refractivity (Wildman–Crippen MR) is 114 cm³/mol. The molecule has 1 atom stereocenters. The molecule has 5 rings (SSSR count). The average Bonchev–Trinajstić information content (AvgIpc) is 3.46. The first-order chi connectivity index (χ1) is 15.3. The van der Waals surface area contributed by atoms with Crippen molar-refractivity contribution in [2.24, 2.45) is 4.99 Å². The van der Waals surface area contributed by atoms with Crippen molar-refractivity contribution in [3.63, 3.8) is 0 Å². The minimum atomic E-state index is -0.613. The molecule has 4 aromatic rings. The lowest BCUT2D eigenvalue weighted by Gasteiger charge is -2.09. The van der Waals surface area contributed by atoms with Crippen LogP contribution in [-0.4, -0.2) is 42.0 Å². The Labute approximate surface area is 181 Å². The zero-order valence-electron chi connectivity index (χ0n) is 16.1. The Kier molecular flexibility index (Phi) is 5.19. The average molecular weight is 429 g/mol. The number of hydrogen-bond acceptors (Lipinski definition) is 8. The Morgan fingerprint density at radius 1 is 1.10 bits per heavy atom. The Morgan fingerprint density at radius 3 is 2.81 bits per heavy atom. The Bertz CT molecular complexity index is 1270. The number of para-hydroxylation sites is 1. The van der Waals surface area contributed by atoms with Gasteiger partial charge in [-0.3, -0.25) is 14.3 Å². The zero-order valence-corrected chi connectivity index (χ0v) is 16.9. The minimum absolute atomic E-state index is 0.300. The molecule has 1 aliphatic rings. The van der Waals surface area contributed by atoms with E-state index in [1.165, 1.54) is 18.0 Å². The first-order valence-corrected chi connectivity index (χ1v) is 10.4. The van der Waals surface area contributed by atoms with Gasteiger partial charge in [0.05, 0.1) is 5.75 Å². The number of hydrogen-bond donors (Lipinski definition) is 0. The minimum Gasteiger partial charge on any atom is -0.338 e. The van der Waals surface area contributed by atoms with Crippen LogP contribution in [0.5, 0.6) is 0 Å². The molecule has 0 saturated heterocycles. The predicted octanol–water partition coefficient (Wildman–Crippen LogP) is 3.26. The molecule has 10 heteroatoms. The molecule has 1 amide bonds. The Morgan fingerprint density at radius 2 is 2.00 bits per heavy atom. The monoisotopic (exact) mass is 429 g/mol. The fraction of sp³-hybridized carbons (Fsp3) is 0.0952. The van der Waals surface area contributed by atoms with Crippen LogP contribution in [0.1, 0.15) is 17.6 Å². The number of carbonyl (C=O) groups excluding carboxylic acids is 1. The van der Waals surface area contributed by atoms with E-state index in [0.717, 1.165) is 11.3 Å². The molecular weight excluding hydrogens is 414 g/mol. The lowest BCUT2D eigenvalue weighted by Crippen LogP contribution is -2.12. The molecule has 0 spiro atoms. The summed E-state index contributed by atoms with van der Waals surface area (Å²) in [5.41, 5.74) is 1.78. The molecule has 0 bridgehead atoms. The summed E-state index contributed by atoms with van der Waals surface area (Å²) in [6.07, 6.45) is 8.31. The van der Waals surface area contributed by atoms with E-state index < -0.39 is 5.92 Å². The highest BCUT2D eigenvalue weighted by Crippen LogP contribution is 2.29. The van der Waals surface area contributed by atoms with Gasteiger partial charge in [0, 0.05) is 29.9 Å². The molecule has 0 saturated carbocycles. The fourth-order valence-electron chi connectivity index (χ4n) is 3.07. The summed E-state index contributed by atoms with van der Waals surface area (Å²) < 4.78 is 7.30. The number of dihydropyridines is 1. The van der Waals surface area contributed by atoms with Crippen molar-refractivity contribution in [3.05, 3.63) is 78.7 Å². The highest BCUT2D eigenvalue weighted by molar-refractivity contribution is 7.98. The zero-order chi connectivity index (χ0) is 21.0. The molecule has 0 fully saturated rings. The van der Waals surface area contributed by atoms with E-state index >= 15 is 0 Å². The van der Waals surface area contributed by atoms with E-state index in [2.05, 4.69) is 30.3 Å². The third kappa shape index (κ3) is 3.92. The molecule has 0 N–H and O–H groups in total. The fourth-order valence-corrected chi connectivity index (χ4v) is 3.86. The van der Waals surface area contributed by atoms with Gasteiger partial charge in [-0.05, 0) is 30.3 Å². The number of pyridine rings is 1. The largest absolute Gasteiger partial charge is 0.338 e. The third-order valence-corrected chi connectivity index (χ3v) is 5.43. The maximum atomic E-state index is 11.9. The quantitative estimate of drug-likeness (QED) is 0.429. The number of rotatable bonds is 6. The number of carbonyl (C=O) groups is 1. The summed E-state index contributed by atoms with van der Waals surface area (Å²) in [5, 5.41) is 13.4. The molecule has 9 nitrogen and oxygen atoms in total. The van der Waals surface area contributed by atoms with Gasteiger partial charge in [-0.15, -0.1) is 10.2 Å². The number of amides is 1. The Balaban J connectivity index is 1.41. The van der Waals surface area contributed by atoms with Crippen LogP contribution in [0.2, 0.25) is 0 Å². The SMILES string of the molecule is O=C1N=CC=CC1c1noc(CSc2nnc(-c3cccnc3)n2-c2ccccc2)n1. The smallest absolute Gasteiger partial charge is 0.260 e. The normalized spacial score (nSPS) is 15.5. The van der Waals surface area contributed by atoms with Gasteiger partial charge in [-0.1, -0.05) is 41.2 Å². The van der Waals surface area contributed by atoms with Crippen LogP contribution in [-0.2, 0) is 10.5 Å². The van der Waals surface area contributed by atoms with Crippen molar-refractivity contribution < 1.29 is 9.32 Å². The number of aromatic nitrogens is 6. The van der Waals surface area contributed by atoms with E-state index in [4.69, 9.17) is 4.52 Å². The van der Waals surface area contributed by atoms with Crippen LogP contribution in [0.15, 0.2) is 81.7 Å². The summed E-state index contributed by atoms with van der Waals surface area (Å²) in [5.74, 6) is 0.822. The van der Waals surface area contributed by atoms with Crippen LogP contribution in [0, 0.1) is 0 Å². The molecule has 3 aromatic heterocycles. The van der Waals surface area contributed by atoms with Crippen molar-refractivity contribution in [1.82, 2.24) is 29.9 Å². The van der Waals surface area contributed by atoms with Gasteiger partial charge >= 0.3 is 0 Å². The van der Waals surface area contributed by atoms with Crippen LogP contribution in [0.25, 0.3) is 17.1 Å². The third-order valence-electron chi connectivity index (χ3n) is 4.51. The summed E-state index contributed by atoms with van der Waals surface area (Å²) in [6, 6.07) is 13.6. The van der Waals surface area contributed by atoms with Gasteiger partial charge in [0.1, 0.15) is 5.92 Å². The number of aliphatic imine (C=N–C) groups is 1. The summed E-state index contributed by atoms with van der Waals surface area (Å²) in [6.45, 7) is 0. The standard InChI is InChI=1S/C21H15N7O2S/c29-20-16(9-5-11-23-20)18-24-17(30-27-18)13-31-21-26-25-19(14-6-4-10-22-12-14)28(21)15-7-2-1-3-8-15/h1-12,16H,13H2. The molecule has 1 aliphatic heterocycles. The first-order valence-electron chi connectivity index (χ1n) is 9.41. The van der Waals surface area contributed by atoms with Gasteiger partial charge in [-0.2, -0.15) is 4.98 Å². The second kappa shape index (κ2) is 8.44. The number of allylic oxidation sites excluding steroid dienone is 1. The van der Waals surface area contributed by atoms with Crippen LogP contribution < -0.4 is 0 Å². The lowest BCUT2D eigenvalue weighted by molar-refractivity contribution is -0.118. The van der Waals surface area contributed by atoms with Crippen LogP contribution in [0.4, 0.5) is 0 Å². The van der Waals surface area contributed by atoms with Crippen molar-refractivity contribution >= 4 is 23.9 Å². The van der Waals surface area contributed by atoms with Gasteiger partial charge in [0.15, 0.2) is 16.8 Å². The highest BCUT2D eigenvalue weighted by atomic mass is 32.2. The van der Waals surface area contributed by atoms with Crippen molar-refractivity contribution in [3.8, 4) is 17.1 Å². The lowest BCUT2D eigenvalue weighted by atomic mass is 10.1. The molecule has 0 aliphatic carbocycles. The van der Waals surface area contributed by atoms with Crippen LogP contribution in [0.3, 0.4) is 0 Å². The molecule has 4 heterocycles. The topological polar surface area (TPSA) is 112 Å². The van der Waals surface area contributed by atoms with Gasteiger partial charge < -0.3 is 4.52 Å². The molecule has 1 unspecified atom stereocenters. The van der Waals surface area contributed by atoms with Crippen molar-refractivity contribution in [2.75, 3.05) is 0 Å². The molecule has 1 aromatic carbocycles. The van der Waals surface area contributed by atoms with Crippen LogP contribution >= 0.6 is 11.8 Å². The second-order valence-electron chi connectivity index (χ2n) is 6.53. The molecule has 31 heavy (non-hydrogen) atoms. The number of thioether (sulfide) groups is 1. The van der Waals surface area contributed by atoms with E-state index in [1.54, 1.807) is 24.5 Å². The Hall–Kier alpha value is -3.92. The molecule has 152 valence electrons. The van der Waals surface area contributed by atoms with Crippen molar-refractivity contribution in [1.29, 1.82) is 0 Å². The van der Waals surface area contributed by atoms with Gasteiger partial charge in [0.25, 0.3) is 5.91 Å². The summed E-state index contributed by atoms with van der Waals surface area (Å²) in [7, 11) is 0. The maximum Gasteiger partial charge on any atom is 0.260 e. The number of nitrogens with zero attached hydrogens (tertiary/aromatic N) is 7. The summed E-state index contributed by atoms with van der Waals surface area (Å²) >= 11 is 1.41.